The second kappa shape index (κ2) is 4.77. The molecule has 4 nitrogen and oxygen atoms in total. The number of nitrogens with two attached hydrogens (primary N) is 1. The number of hydrazine groups is 2. The molecule has 1 aliphatic rings. The Balaban J connectivity index is 2.26. The SMILES string of the molecule is CCCCCC1=NN(N)NC=C1. The molecule has 1 rings (SSSR count). The summed E-state index contributed by atoms with van der Waals surface area (Å²) in [7, 11) is 0. The molecule has 0 atom stereocenters. The van der Waals surface area contributed by atoms with Crippen molar-refractivity contribution in [2.24, 2.45) is 10.9 Å². The standard InChI is InChI=1S/C8H16N4/c1-2-3-4-5-8-6-7-10-12(9)11-8/h6-7,10H,2-5,9H2,1H3. The van der Waals surface area contributed by atoms with E-state index < -0.39 is 0 Å². The number of hydrogen-bond acceptors (Lipinski definition) is 4. The van der Waals surface area contributed by atoms with Crippen LogP contribution in [0.3, 0.4) is 0 Å². The number of rotatable bonds is 4. The second-order valence-electron chi connectivity index (χ2n) is 2.86. The number of nitrogens with one attached hydrogen (secondary N) is 1. The number of hydrogen-bond donors (Lipinski definition) is 2. The average molecular weight is 168 g/mol. The molecule has 68 valence electrons. The van der Waals surface area contributed by atoms with Crippen molar-refractivity contribution in [1.29, 1.82) is 0 Å². The number of nitrogens with zero attached hydrogens (tertiary/aromatic N) is 2. The summed E-state index contributed by atoms with van der Waals surface area (Å²) < 4.78 is 0. The van der Waals surface area contributed by atoms with Gasteiger partial charge in [-0.2, -0.15) is 0 Å². The molecular formula is C8H16N4. The molecule has 0 saturated carbocycles. The van der Waals surface area contributed by atoms with Crippen molar-refractivity contribution in [2.45, 2.75) is 32.6 Å². The quantitative estimate of drug-likeness (QED) is 0.488. The predicted molar refractivity (Wildman–Crippen MR) is 49.9 cm³/mol. The van der Waals surface area contributed by atoms with Crippen molar-refractivity contribution in [3.05, 3.63) is 12.3 Å². The topological polar surface area (TPSA) is 53.6 Å². The Morgan fingerprint density at radius 2 is 2.42 bits per heavy atom. The lowest BCUT2D eigenvalue weighted by atomic mass is 10.1. The van der Waals surface area contributed by atoms with E-state index in [1.165, 1.54) is 24.5 Å². The van der Waals surface area contributed by atoms with E-state index in [-0.39, 0.29) is 0 Å². The third-order valence-corrected chi connectivity index (χ3v) is 1.76. The first kappa shape index (κ1) is 9.06. The van der Waals surface area contributed by atoms with E-state index in [9.17, 15) is 0 Å². The fraction of sp³-hybridized carbons (Fsp3) is 0.625. The average Bonchev–Trinajstić information content (AvgIpc) is 2.05. The molecule has 0 unspecified atom stereocenters. The molecule has 0 radical (unpaired) electrons. The van der Waals surface area contributed by atoms with Gasteiger partial charge in [-0.1, -0.05) is 19.8 Å². The first-order chi connectivity index (χ1) is 5.83. The largest absolute Gasteiger partial charge is 0.275 e. The van der Waals surface area contributed by atoms with E-state index in [4.69, 9.17) is 5.84 Å². The maximum atomic E-state index is 5.41. The van der Waals surface area contributed by atoms with Gasteiger partial charge in [0.25, 0.3) is 0 Å². The zero-order valence-electron chi connectivity index (χ0n) is 7.45. The molecule has 12 heavy (non-hydrogen) atoms. The Morgan fingerprint density at radius 1 is 1.58 bits per heavy atom. The third-order valence-electron chi connectivity index (χ3n) is 1.76. The van der Waals surface area contributed by atoms with Gasteiger partial charge in [0.15, 0.2) is 0 Å². The summed E-state index contributed by atoms with van der Waals surface area (Å²) in [4.78, 5) is 0. The van der Waals surface area contributed by atoms with Gasteiger partial charge in [-0.15, -0.1) is 10.3 Å². The Kier molecular flexibility index (Phi) is 3.60. The molecule has 4 heteroatoms. The van der Waals surface area contributed by atoms with Crippen LogP contribution in [0.25, 0.3) is 0 Å². The molecule has 0 saturated heterocycles. The summed E-state index contributed by atoms with van der Waals surface area (Å²) in [6, 6.07) is 0. The zero-order valence-corrected chi connectivity index (χ0v) is 7.45. The van der Waals surface area contributed by atoms with Crippen LogP contribution in [0.15, 0.2) is 17.4 Å². The molecule has 3 N–H and O–H groups in total. The molecule has 0 amide bonds. The molecular weight excluding hydrogens is 152 g/mol. The van der Waals surface area contributed by atoms with Crippen molar-refractivity contribution in [3.8, 4) is 0 Å². The maximum absolute atomic E-state index is 5.41. The van der Waals surface area contributed by atoms with Gasteiger partial charge < -0.3 is 0 Å². The van der Waals surface area contributed by atoms with E-state index >= 15 is 0 Å². The van der Waals surface area contributed by atoms with Crippen LogP contribution in [0.1, 0.15) is 32.6 Å². The van der Waals surface area contributed by atoms with E-state index in [2.05, 4.69) is 17.5 Å². The fourth-order valence-corrected chi connectivity index (χ4v) is 1.10. The highest BCUT2D eigenvalue weighted by Gasteiger charge is 2.01. The molecule has 1 aliphatic heterocycles. The molecule has 0 fully saturated rings. The Morgan fingerprint density at radius 3 is 3.08 bits per heavy atom. The molecule has 0 aliphatic carbocycles. The fourth-order valence-electron chi connectivity index (χ4n) is 1.10. The first-order valence-corrected chi connectivity index (χ1v) is 4.38. The number of hydrazone groups is 1. The summed E-state index contributed by atoms with van der Waals surface area (Å²) in [6.45, 7) is 2.19. The van der Waals surface area contributed by atoms with E-state index in [0.717, 1.165) is 12.1 Å². The van der Waals surface area contributed by atoms with Crippen LogP contribution in [0, 0.1) is 0 Å². The molecule has 0 aromatic heterocycles. The summed E-state index contributed by atoms with van der Waals surface area (Å²) in [5.41, 5.74) is 3.79. The van der Waals surface area contributed by atoms with Crippen LogP contribution in [-0.4, -0.2) is 10.9 Å². The van der Waals surface area contributed by atoms with Gasteiger partial charge in [0, 0.05) is 6.20 Å². The zero-order chi connectivity index (χ0) is 8.81. The normalized spacial score (nSPS) is 15.8. The van der Waals surface area contributed by atoms with Gasteiger partial charge in [0.1, 0.15) is 0 Å². The first-order valence-electron chi connectivity index (χ1n) is 4.38. The number of allylic oxidation sites excluding steroid dienone is 1. The van der Waals surface area contributed by atoms with Crippen molar-refractivity contribution in [2.75, 3.05) is 0 Å². The second-order valence-corrected chi connectivity index (χ2v) is 2.86. The summed E-state index contributed by atoms with van der Waals surface area (Å²) in [5, 5.41) is 5.32. The molecule has 0 spiro atoms. The minimum atomic E-state index is 1.01. The minimum absolute atomic E-state index is 1.01. The summed E-state index contributed by atoms with van der Waals surface area (Å²) >= 11 is 0. The molecule has 0 aromatic rings. The van der Waals surface area contributed by atoms with Crippen LogP contribution < -0.4 is 11.3 Å². The maximum Gasteiger partial charge on any atom is 0.0656 e. The van der Waals surface area contributed by atoms with Crippen LogP contribution in [0.5, 0.6) is 0 Å². The highest BCUT2D eigenvalue weighted by Crippen LogP contribution is 2.03. The third kappa shape index (κ3) is 2.92. The Labute approximate surface area is 73.1 Å². The predicted octanol–water partition coefficient (Wildman–Crippen LogP) is 1.13. The summed E-state index contributed by atoms with van der Waals surface area (Å²) in [6.07, 6.45) is 8.45. The lowest BCUT2D eigenvalue weighted by Gasteiger charge is -2.16. The highest BCUT2D eigenvalue weighted by atomic mass is 15.8. The smallest absolute Gasteiger partial charge is 0.0656 e. The van der Waals surface area contributed by atoms with E-state index in [1.54, 1.807) is 6.20 Å². The van der Waals surface area contributed by atoms with Crippen LogP contribution >= 0.6 is 0 Å². The Hall–Kier alpha value is -1.03. The van der Waals surface area contributed by atoms with Crippen LogP contribution in [-0.2, 0) is 0 Å². The Bertz CT molecular complexity index is 185. The number of unbranched alkanes of at least 4 members (excludes halogenated alkanes) is 2. The van der Waals surface area contributed by atoms with Crippen molar-refractivity contribution in [3.63, 3.8) is 0 Å². The van der Waals surface area contributed by atoms with Crippen molar-refractivity contribution in [1.82, 2.24) is 10.7 Å². The minimum Gasteiger partial charge on any atom is -0.275 e. The molecule has 1 heterocycles. The van der Waals surface area contributed by atoms with Gasteiger partial charge in [-0.25, -0.2) is 5.84 Å². The van der Waals surface area contributed by atoms with Crippen LogP contribution in [0.2, 0.25) is 0 Å². The van der Waals surface area contributed by atoms with Crippen LogP contribution in [0.4, 0.5) is 0 Å². The van der Waals surface area contributed by atoms with Gasteiger partial charge >= 0.3 is 0 Å². The molecule has 0 aromatic carbocycles. The van der Waals surface area contributed by atoms with Crippen molar-refractivity contribution >= 4 is 5.71 Å². The molecule has 0 bridgehead atoms. The van der Waals surface area contributed by atoms with E-state index in [0.29, 0.717) is 0 Å². The van der Waals surface area contributed by atoms with Gasteiger partial charge in [-0.05, 0) is 18.9 Å². The van der Waals surface area contributed by atoms with Gasteiger partial charge in [0.05, 0.1) is 5.71 Å². The lowest BCUT2D eigenvalue weighted by Crippen LogP contribution is -2.38. The summed E-state index contributed by atoms with van der Waals surface area (Å²) in [5.74, 6) is 5.41. The monoisotopic (exact) mass is 168 g/mol. The van der Waals surface area contributed by atoms with Gasteiger partial charge in [-0.3, -0.25) is 5.43 Å². The lowest BCUT2D eigenvalue weighted by molar-refractivity contribution is 0.236. The van der Waals surface area contributed by atoms with E-state index in [1.807, 2.05) is 6.08 Å². The van der Waals surface area contributed by atoms with Gasteiger partial charge in [0.2, 0.25) is 0 Å². The highest BCUT2D eigenvalue weighted by molar-refractivity contribution is 5.94. The van der Waals surface area contributed by atoms with Crippen molar-refractivity contribution < 1.29 is 0 Å².